The fraction of sp³-hybridized carbons (Fsp3) is 0.556. The van der Waals surface area contributed by atoms with E-state index in [4.69, 9.17) is 14.2 Å². The van der Waals surface area contributed by atoms with Gasteiger partial charge in [0.15, 0.2) is 17.5 Å². The maximum Gasteiger partial charge on any atom is 0.407 e. The Balaban J connectivity index is 0.00000676. The summed E-state index contributed by atoms with van der Waals surface area (Å²) in [5, 5.41) is 8.96. The van der Waals surface area contributed by atoms with Crippen LogP contribution >= 0.6 is 24.0 Å². The molecule has 0 aromatic heterocycles. The highest BCUT2D eigenvalue weighted by molar-refractivity contribution is 14.0. The number of alkyl carbamates (subject to hydrolysis) is 1. The predicted molar refractivity (Wildman–Crippen MR) is 119 cm³/mol. The van der Waals surface area contributed by atoms with Crippen molar-refractivity contribution >= 4 is 41.7 Å². The van der Waals surface area contributed by atoms with Crippen LogP contribution < -0.4 is 25.4 Å². The van der Waals surface area contributed by atoms with Crippen molar-refractivity contribution < 1.29 is 19.0 Å². The molecule has 0 saturated heterocycles. The van der Waals surface area contributed by atoms with Gasteiger partial charge in [0.05, 0.1) is 13.7 Å². The van der Waals surface area contributed by atoms with Gasteiger partial charge in [-0.05, 0) is 39.8 Å². The number of rotatable bonds is 7. The molecule has 27 heavy (non-hydrogen) atoms. The first-order valence-electron chi connectivity index (χ1n) is 8.54. The second-order valence-electron chi connectivity index (χ2n) is 6.35. The van der Waals surface area contributed by atoms with Crippen molar-refractivity contribution in [2.75, 3.05) is 39.2 Å². The number of carbonyl (C=O) groups is 1. The molecule has 0 radical (unpaired) electrons. The number of guanidine groups is 1. The number of methoxy groups -OCH3 is 1. The van der Waals surface area contributed by atoms with Crippen LogP contribution in [0.4, 0.5) is 10.5 Å². The second-order valence-corrected chi connectivity index (χ2v) is 6.35. The highest BCUT2D eigenvalue weighted by Crippen LogP contribution is 2.30. The van der Waals surface area contributed by atoms with E-state index in [0.717, 1.165) is 5.69 Å². The molecule has 1 aromatic carbocycles. The first kappa shape index (κ1) is 25.1. The van der Waals surface area contributed by atoms with Crippen molar-refractivity contribution in [2.45, 2.75) is 33.3 Å². The molecule has 1 amide bonds. The van der Waals surface area contributed by atoms with E-state index in [1.807, 2.05) is 45.9 Å². The molecule has 3 N–H and O–H groups in total. The summed E-state index contributed by atoms with van der Waals surface area (Å²) in [6, 6.07) is 5.53. The molecule has 0 aliphatic carbocycles. The van der Waals surface area contributed by atoms with Gasteiger partial charge in [-0.1, -0.05) is 0 Å². The fourth-order valence-electron chi connectivity index (χ4n) is 2.00. The molecule has 1 aromatic rings. The maximum atomic E-state index is 11.6. The number of halogens is 1. The number of anilines is 1. The van der Waals surface area contributed by atoms with Crippen LogP contribution in [-0.4, -0.2) is 51.5 Å². The Morgan fingerprint density at radius 2 is 1.81 bits per heavy atom. The lowest BCUT2D eigenvalue weighted by atomic mass is 10.2. The van der Waals surface area contributed by atoms with Gasteiger partial charge in [0.2, 0.25) is 0 Å². The Bertz CT molecular complexity index is 618. The van der Waals surface area contributed by atoms with Crippen LogP contribution in [0.3, 0.4) is 0 Å². The van der Waals surface area contributed by atoms with Gasteiger partial charge in [0, 0.05) is 31.9 Å². The molecule has 0 heterocycles. The van der Waals surface area contributed by atoms with Crippen LogP contribution in [0.15, 0.2) is 23.2 Å². The second kappa shape index (κ2) is 12.5. The van der Waals surface area contributed by atoms with E-state index < -0.39 is 11.7 Å². The van der Waals surface area contributed by atoms with Crippen LogP contribution in [0.25, 0.3) is 0 Å². The number of nitrogens with one attached hydrogen (secondary N) is 3. The van der Waals surface area contributed by atoms with Gasteiger partial charge in [-0.3, -0.25) is 4.99 Å². The van der Waals surface area contributed by atoms with Gasteiger partial charge in [0.25, 0.3) is 0 Å². The summed E-state index contributed by atoms with van der Waals surface area (Å²) >= 11 is 0. The summed E-state index contributed by atoms with van der Waals surface area (Å²) in [6.45, 7) is 8.82. The summed E-state index contributed by atoms with van der Waals surface area (Å²) in [4.78, 5) is 15.7. The normalized spacial score (nSPS) is 11.1. The van der Waals surface area contributed by atoms with Gasteiger partial charge < -0.3 is 30.2 Å². The first-order chi connectivity index (χ1) is 12.3. The number of benzene rings is 1. The summed E-state index contributed by atoms with van der Waals surface area (Å²) in [6.07, 6.45) is -0.446. The van der Waals surface area contributed by atoms with E-state index in [9.17, 15) is 4.79 Å². The number of carbonyl (C=O) groups excluding carboxylic acids is 1. The predicted octanol–water partition coefficient (Wildman–Crippen LogP) is 3.22. The highest BCUT2D eigenvalue weighted by Gasteiger charge is 2.15. The SMILES string of the molecule is CCOc1cc(NC(=NC)NCCNC(=O)OC(C)(C)C)ccc1OC.I. The van der Waals surface area contributed by atoms with Gasteiger partial charge in [-0.2, -0.15) is 0 Å². The molecule has 0 saturated carbocycles. The Hall–Kier alpha value is -1.91. The number of nitrogens with zero attached hydrogens (tertiary/aromatic N) is 1. The minimum atomic E-state index is -0.512. The van der Waals surface area contributed by atoms with Crippen LogP contribution in [0.5, 0.6) is 11.5 Å². The lowest BCUT2D eigenvalue weighted by molar-refractivity contribution is 0.0529. The van der Waals surface area contributed by atoms with Crippen molar-refractivity contribution in [3.05, 3.63) is 18.2 Å². The van der Waals surface area contributed by atoms with Crippen molar-refractivity contribution in [1.29, 1.82) is 0 Å². The van der Waals surface area contributed by atoms with Crippen LogP contribution in [0, 0.1) is 0 Å². The Labute approximate surface area is 178 Å². The van der Waals surface area contributed by atoms with Crippen molar-refractivity contribution in [1.82, 2.24) is 10.6 Å². The topological polar surface area (TPSA) is 93.2 Å². The fourth-order valence-corrected chi connectivity index (χ4v) is 2.00. The minimum Gasteiger partial charge on any atom is -0.493 e. The molecular formula is C18H31IN4O4. The number of aliphatic imine (C=N–C) groups is 1. The van der Waals surface area contributed by atoms with Crippen molar-refractivity contribution in [2.24, 2.45) is 4.99 Å². The molecule has 154 valence electrons. The van der Waals surface area contributed by atoms with Gasteiger partial charge in [0.1, 0.15) is 5.60 Å². The summed E-state index contributed by atoms with van der Waals surface area (Å²) in [5.74, 6) is 1.90. The zero-order valence-electron chi connectivity index (χ0n) is 16.8. The minimum absolute atomic E-state index is 0. The molecule has 0 spiro atoms. The quantitative estimate of drug-likeness (QED) is 0.233. The molecule has 9 heteroatoms. The summed E-state index contributed by atoms with van der Waals surface area (Å²) in [7, 11) is 3.27. The average molecular weight is 494 g/mol. The molecule has 0 aliphatic heterocycles. The lowest BCUT2D eigenvalue weighted by Crippen LogP contribution is -2.39. The molecule has 0 aliphatic rings. The van der Waals surface area contributed by atoms with E-state index in [1.54, 1.807) is 14.2 Å². The van der Waals surface area contributed by atoms with Crippen LogP contribution in [-0.2, 0) is 4.74 Å². The third-order valence-electron chi connectivity index (χ3n) is 3.04. The monoisotopic (exact) mass is 494 g/mol. The molecular weight excluding hydrogens is 463 g/mol. The van der Waals surface area contributed by atoms with E-state index in [-0.39, 0.29) is 24.0 Å². The summed E-state index contributed by atoms with van der Waals surface area (Å²) in [5.41, 5.74) is 0.296. The number of hydrogen-bond acceptors (Lipinski definition) is 5. The summed E-state index contributed by atoms with van der Waals surface area (Å²) < 4.78 is 16.0. The number of amides is 1. The zero-order valence-corrected chi connectivity index (χ0v) is 19.2. The van der Waals surface area contributed by atoms with E-state index in [1.165, 1.54) is 0 Å². The largest absolute Gasteiger partial charge is 0.493 e. The first-order valence-corrected chi connectivity index (χ1v) is 8.54. The average Bonchev–Trinajstić information content (AvgIpc) is 2.56. The molecule has 8 nitrogen and oxygen atoms in total. The highest BCUT2D eigenvalue weighted by atomic mass is 127. The van der Waals surface area contributed by atoms with E-state index >= 15 is 0 Å². The smallest absolute Gasteiger partial charge is 0.407 e. The molecule has 0 bridgehead atoms. The van der Waals surface area contributed by atoms with Gasteiger partial charge in [-0.25, -0.2) is 4.79 Å². The van der Waals surface area contributed by atoms with Gasteiger partial charge >= 0.3 is 6.09 Å². The zero-order chi connectivity index (χ0) is 19.6. The molecule has 0 unspecified atom stereocenters. The molecule has 0 fully saturated rings. The Morgan fingerprint density at radius 3 is 2.37 bits per heavy atom. The molecule has 0 atom stereocenters. The molecule has 1 rings (SSSR count). The number of ether oxygens (including phenoxy) is 3. The number of hydrogen-bond donors (Lipinski definition) is 3. The third-order valence-corrected chi connectivity index (χ3v) is 3.04. The standard InChI is InChI=1S/C18H30N4O4.HI/c1-7-25-15-12-13(8-9-14(15)24-6)22-16(19-5)20-10-11-21-17(23)26-18(2,3)4;/h8-9,12H,7,10-11H2,1-6H3,(H,21,23)(H2,19,20,22);1H. The van der Waals surface area contributed by atoms with E-state index in [2.05, 4.69) is 20.9 Å². The van der Waals surface area contributed by atoms with Crippen LogP contribution in [0.2, 0.25) is 0 Å². The Kier molecular flexibility index (Phi) is 11.6. The van der Waals surface area contributed by atoms with Crippen molar-refractivity contribution in [3.63, 3.8) is 0 Å². The van der Waals surface area contributed by atoms with Crippen LogP contribution in [0.1, 0.15) is 27.7 Å². The third kappa shape index (κ3) is 10.1. The van der Waals surface area contributed by atoms with Gasteiger partial charge in [-0.15, -0.1) is 24.0 Å². The lowest BCUT2D eigenvalue weighted by Gasteiger charge is -2.20. The Morgan fingerprint density at radius 1 is 1.15 bits per heavy atom. The van der Waals surface area contributed by atoms with Crippen molar-refractivity contribution in [3.8, 4) is 11.5 Å². The maximum absolute atomic E-state index is 11.6. The van der Waals surface area contributed by atoms with E-state index in [0.29, 0.717) is 37.2 Å².